The zero-order chi connectivity index (χ0) is 17.1. The number of nitrogens with zero attached hydrogens (tertiary/aromatic N) is 3. The summed E-state index contributed by atoms with van der Waals surface area (Å²) in [6, 6.07) is 6.27. The Morgan fingerprint density at radius 3 is 2.88 bits per heavy atom. The topological polar surface area (TPSA) is 58.1 Å². The highest BCUT2D eigenvalue weighted by Crippen LogP contribution is 2.20. The van der Waals surface area contributed by atoms with Crippen molar-refractivity contribution in [1.29, 1.82) is 0 Å². The molecule has 5 nitrogen and oxygen atoms in total. The van der Waals surface area contributed by atoms with E-state index in [0.717, 1.165) is 53.0 Å². The van der Waals surface area contributed by atoms with E-state index in [2.05, 4.69) is 20.2 Å². The van der Waals surface area contributed by atoms with Crippen LogP contribution in [0.15, 0.2) is 18.2 Å². The average molecular weight is 344 g/mol. The summed E-state index contributed by atoms with van der Waals surface area (Å²) >= 11 is 1.61. The van der Waals surface area contributed by atoms with Crippen LogP contribution in [-0.4, -0.2) is 35.0 Å². The molecule has 24 heavy (non-hydrogen) atoms. The minimum Gasteiger partial charge on any atom is -0.355 e. The molecule has 1 fully saturated rings. The molecule has 0 unspecified atom stereocenters. The summed E-state index contributed by atoms with van der Waals surface area (Å²) in [5.74, 6) is 1.09. The summed E-state index contributed by atoms with van der Waals surface area (Å²) in [6.07, 6.45) is 2.52. The third kappa shape index (κ3) is 4.12. The first kappa shape index (κ1) is 16.9. The number of nitrogens with one attached hydrogen (secondary N) is 1. The molecule has 0 aliphatic carbocycles. The van der Waals surface area contributed by atoms with E-state index in [9.17, 15) is 4.79 Å². The summed E-state index contributed by atoms with van der Waals surface area (Å²) in [5, 5.41) is 4.21. The molecule has 3 heterocycles. The zero-order valence-corrected chi connectivity index (χ0v) is 15.3. The summed E-state index contributed by atoms with van der Waals surface area (Å²) in [5.41, 5.74) is 2.00. The number of carbonyl (C=O) groups is 1. The van der Waals surface area contributed by atoms with Crippen molar-refractivity contribution in [3.05, 3.63) is 39.5 Å². The van der Waals surface area contributed by atoms with Gasteiger partial charge < -0.3 is 10.2 Å². The second kappa shape index (κ2) is 7.30. The third-order valence-electron chi connectivity index (χ3n) is 4.30. The second-order valence-corrected chi connectivity index (χ2v) is 7.70. The number of hydrogen-bond acceptors (Lipinski definition) is 5. The van der Waals surface area contributed by atoms with E-state index in [0.29, 0.717) is 6.42 Å². The van der Waals surface area contributed by atoms with Crippen molar-refractivity contribution >= 4 is 23.1 Å². The molecule has 1 saturated heterocycles. The summed E-state index contributed by atoms with van der Waals surface area (Å²) < 4.78 is 0. The molecule has 0 radical (unpaired) electrons. The Bertz CT molecular complexity index is 728. The molecular formula is C18H24N4OS. The zero-order valence-electron chi connectivity index (χ0n) is 14.5. The highest BCUT2D eigenvalue weighted by molar-refractivity contribution is 7.11. The van der Waals surface area contributed by atoms with Crippen LogP contribution >= 0.6 is 11.3 Å². The Morgan fingerprint density at radius 2 is 2.17 bits per heavy atom. The van der Waals surface area contributed by atoms with Gasteiger partial charge in [0.25, 0.3) is 0 Å². The van der Waals surface area contributed by atoms with E-state index in [4.69, 9.17) is 0 Å². The number of thiazole rings is 1. The van der Waals surface area contributed by atoms with Gasteiger partial charge in [-0.05, 0) is 45.7 Å². The van der Waals surface area contributed by atoms with E-state index in [1.54, 1.807) is 11.3 Å². The normalized spacial score (nSPS) is 17.8. The molecule has 6 heteroatoms. The molecule has 3 rings (SSSR count). The van der Waals surface area contributed by atoms with Gasteiger partial charge in [-0.3, -0.25) is 4.79 Å². The number of anilines is 1. The van der Waals surface area contributed by atoms with E-state index < -0.39 is 0 Å². The Hall–Kier alpha value is -1.95. The van der Waals surface area contributed by atoms with Crippen LogP contribution in [-0.2, 0) is 11.2 Å². The van der Waals surface area contributed by atoms with E-state index in [1.807, 2.05) is 39.0 Å². The molecule has 2 aromatic heterocycles. The van der Waals surface area contributed by atoms with E-state index in [-0.39, 0.29) is 11.9 Å². The van der Waals surface area contributed by atoms with Gasteiger partial charge in [0, 0.05) is 29.7 Å². The molecule has 1 atom stereocenters. The lowest BCUT2D eigenvalue weighted by molar-refractivity contribution is -0.121. The third-order valence-corrected chi connectivity index (χ3v) is 5.38. The Kier molecular flexibility index (Phi) is 5.14. The van der Waals surface area contributed by atoms with Gasteiger partial charge in [-0.2, -0.15) is 0 Å². The largest absolute Gasteiger partial charge is 0.355 e. The van der Waals surface area contributed by atoms with Gasteiger partial charge in [0.15, 0.2) is 0 Å². The van der Waals surface area contributed by atoms with Gasteiger partial charge >= 0.3 is 0 Å². The molecule has 0 aromatic carbocycles. The van der Waals surface area contributed by atoms with E-state index >= 15 is 0 Å². The van der Waals surface area contributed by atoms with Crippen molar-refractivity contribution in [3.63, 3.8) is 0 Å². The number of amides is 1. The standard InChI is InChI=1S/C18H24N4OS/c1-12-6-4-8-17(19-12)22-9-5-7-15(11-22)21-18(23)10-16-13(2)20-14(3)24-16/h4,6,8,15H,5,7,9-11H2,1-3H3,(H,21,23)/t15-/m1/s1. The fourth-order valence-corrected chi connectivity index (χ4v) is 4.11. The Balaban J connectivity index is 1.59. The summed E-state index contributed by atoms with van der Waals surface area (Å²) in [4.78, 5) is 24.7. The predicted octanol–water partition coefficient (Wildman–Crippen LogP) is 2.79. The van der Waals surface area contributed by atoms with Crippen LogP contribution in [0.3, 0.4) is 0 Å². The van der Waals surface area contributed by atoms with Crippen LogP contribution in [0.25, 0.3) is 0 Å². The van der Waals surface area contributed by atoms with Gasteiger partial charge in [-0.25, -0.2) is 9.97 Å². The number of pyridine rings is 1. The number of carbonyl (C=O) groups excluding carboxylic acids is 1. The van der Waals surface area contributed by atoms with Crippen LogP contribution in [0.5, 0.6) is 0 Å². The number of piperidine rings is 1. The number of aromatic nitrogens is 2. The van der Waals surface area contributed by atoms with Crippen LogP contribution in [0.1, 0.15) is 34.1 Å². The maximum atomic E-state index is 12.4. The lowest BCUT2D eigenvalue weighted by Crippen LogP contribution is -2.48. The van der Waals surface area contributed by atoms with Crippen LogP contribution < -0.4 is 10.2 Å². The fourth-order valence-electron chi connectivity index (χ4n) is 3.17. The number of hydrogen-bond donors (Lipinski definition) is 1. The Labute approximate surface area is 147 Å². The van der Waals surface area contributed by atoms with Crippen molar-refractivity contribution in [3.8, 4) is 0 Å². The molecule has 0 saturated carbocycles. The molecule has 1 aliphatic rings. The fraction of sp³-hybridized carbons (Fsp3) is 0.500. The van der Waals surface area contributed by atoms with Gasteiger partial charge in [-0.1, -0.05) is 6.07 Å². The van der Waals surface area contributed by atoms with Gasteiger partial charge in [0.05, 0.1) is 17.1 Å². The number of aryl methyl sites for hydroxylation is 3. The minimum absolute atomic E-state index is 0.0887. The molecular weight excluding hydrogens is 320 g/mol. The second-order valence-electron chi connectivity index (χ2n) is 6.41. The van der Waals surface area contributed by atoms with Crippen molar-refractivity contribution < 1.29 is 4.79 Å². The van der Waals surface area contributed by atoms with Crippen molar-refractivity contribution in [2.45, 2.75) is 46.1 Å². The molecule has 1 aliphatic heterocycles. The van der Waals surface area contributed by atoms with Crippen molar-refractivity contribution in [2.24, 2.45) is 0 Å². The molecule has 1 N–H and O–H groups in total. The van der Waals surface area contributed by atoms with Crippen molar-refractivity contribution in [1.82, 2.24) is 15.3 Å². The monoisotopic (exact) mass is 344 g/mol. The predicted molar refractivity (Wildman–Crippen MR) is 97.6 cm³/mol. The minimum atomic E-state index is 0.0887. The SMILES string of the molecule is Cc1cccc(N2CCC[C@@H](NC(=O)Cc3sc(C)nc3C)C2)n1. The lowest BCUT2D eigenvalue weighted by Gasteiger charge is -2.34. The Morgan fingerprint density at radius 1 is 1.33 bits per heavy atom. The quantitative estimate of drug-likeness (QED) is 0.926. The first-order chi connectivity index (χ1) is 11.5. The average Bonchev–Trinajstić information content (AvgIpc) is 2.85. The molecule has 1 amide bonds. The van der Waals surface area contributed by atoms with Crippen LogP contribution in [0.2, 0.25) is 0 Å². The maximum Gasteiger partial charge on any atom is 0.225 e. The molecule has 0 bridgehead atoms. The summed E-state index contributed by atoms with van der Waals surface area (Å²) in [6.45, 7) is 7.77. The van der Waals surface area contributed by atoms with Gasteiger partial charge in [0.2, 0.25) is 5.91 Å². The molecule has 0 spiro atoms. The van der Waals surface area contributed by atoms with Crippen molar-refractivity contribution in [2.75, 3.05) is 18.0 Å². The van der Waals surface area contributed by atoms with Gasteiger partial charge in [0.1, 0.15) is 5.82 Å². The first-order valence-corrected chi connectivity index (χ1v) is 9.24. The smallest absolute Gasteiger partial charge is 0.225 e. The molecule has 2 aromatic rings. The van der Waals surface area contributed by atoms with Crippen LogP contribution in [0, 0.1) is 20.8 Å². The highest BCUT2D eigenvalue weighted by Gasteiger charge is 2.23. The van der Waals surface area contributed by atoms with E-state index in [1.165, 1.54) is 0 Å². The van der Waals surface area contributed by atoms with Crippen LogP contribution in [0.4, 0.5) is 5.82 Å². The molecule has 128 valence electrons. The lowest BCUT2D eigenvalue weighted by atomic mass is 10.1. The highest BCUT2D eigenvalue weighted by atomic mass is 32.1. The maximum absolute atomic E-state index is 12.4. The summed E-state index contributed by atoms with van der Waals surface area (Å²) in [7, 11) is 0. The number of rotatable bonds is 4. The van der Waals surface area contributed by atoms with Gasteiger partial charge in [-0.15, -0.1) is 11.3 Å². The first-order valence-electron chi connectivity index (χ1n) is 8.42.